The predicted octanol–water partition coefficient (Wildman–Crippen LogP) is 2.64. The lowest BCUT2D eigenvalue weighted by atomic mass is 10.1. The van der Waals surface area contributed by atoms with Gasteiger partial charge in [-0.05, 0) is 46.8 Å². The van der Waals surface area contributed by atoms with Crippen LogP contribution in [0.15, 0.2) is 0 Å². The van der Waals surface area contributed by atoms with E-state index in [1.165, 1.54) is 19.4 Å². The molecular formula is C13H26N2S. The van der Waals surface area contributed by atoms with Gasteiger partial charge in [-0.1, -0.05) is 0 Å². The molecule has 0 radical (unpaired) electrons. The molecule has 0 amide bonds. The van der Waals surface area contributed by atoms with Gasteiger partial charge < -0.3 is 0 Å². The first-order valence-electron chi connectivity index (χ1n) is 6.62. The van der Waals surface area contributed by atoms with E-state index in [2.05, 4.69) is 43.8 Å². The number of fused-ring (bicyclic) bond motifs is 2. The van der Waals surface area contributed by atoms with Crippen LogP contribution in [0.25, 0.3) is 0 Å². The molecule has 0 aliphatic carbocycles. The zero-order chi connectivity index (χ0) is 11.9. The molecule has 3 heteroatoms. The Morgan fingerprint density at radius 2 is 1.75 bits per heavy atom. The van der Waals surface area contributed by atoms with Gasteiger partial charge in [-0.2, -0.15) is 0 Å². The van der Waals surface area contributed by atoms with Gasteiger partial charge in [0.15, 0.2) is 0 Å². The van der Waals surface area contributed by atoms with Crippen molar-refractivity contribution in [1.82, 2.24) is 9.80 Å². The molecule has 16 heavy (non-hydrogen) atoms. The number of rotatable bonds is 3. The van der Waals surface area contributed by atoms with Gasteiger partial charge in [0.2, 0.25) is 0 Å². The molecule has 2 heterocycles. The lowest BCUT2D eigenvalue weighted by Crippen LogP contribution is -2.61. The molecular weight excluding hydrogens is 216 g/mol. The molecule has 0 saturated carbocycles. The van der Waals surface area contributed by atoms with Crippen LogP contribution in [-0.2, 0) is 0 Å². The maximum absolute atomic E-state index is 2.78. The maximum atomic E-state index is 2.78. The second-order valence-electron chi connectivity index (χ2n) is 5.76. The Hall–Kier alpha value is 0.270. The Labute approximate surface area is 105 Å². The normalized spacial score (nSPS) is 36.6. The number of hydrogen-bond acceptors (Lipinski definition) is 3. The van der Waals surface area contributed by atoms with Crippen LogP contribution in [0.5, 0.6) is 0 Å². The average molecular weight is 242 g/mol. The van der Waals surface area contributed by atoms with Gasteiger partial charge in [-0.25, -0.2) is 0 Å². The number of likely N-dealkylation sites (tertiary alicyclic amines) is 1. The Balaban J connectivity index is 2.19. The Bertz CT molecular complexity index is 242. The number of thioether (sulfide) groups is 1. The van der Waals surface area contributed by atoms with Gasteiger partial charge in [-0.3, -0.25) is 9.80 Å². The zero-order valence-corrected chi connectivity index (χ0v) is 12.1. The van der Waals surface area contributed by atoms with Crippen LogP contribution in [0.4, 0.5) is 0 Å². The SMILES string of the molecule is CSC1[C@H]2CC[C@@H](CN1C(C)C)N2C(C)C. The maximum Gasteiger partial charge on any atom is 0.0715 e. The number of hydrogen-bond donors (Lipinski definition) is 0. The Kier molecular flexibility index (Phi) is 3.87. The van der Waals surface area contributed by atoms with Crippen molar-refractivity contribution in [2.45, 2.75) is 70.1 Å². The van der Waals surface area contributed by atoms with Crippen molar-refractivity contribution in [3.05, 3.63) is 0 Å². The van der Waals surface area contributed by atoms with Crippen molar-refractivity contribution in [3.63, 3.8) is 0 Å². The van der Waals surface area contributed by atoms with Gasteiger partial charge in [0.25, 0.3) is 0 Å². The van der Waals surface area contributed by atoms with Crippen LogP contribution in [0.2, 0.25) is 0 Å². The summed E-state index contributed by atoms with van der Waals surface area (Å²) >= 11 is 2.05. The van der Waals surface area contributed by atoms with Crippen LogP contribution in [0, 0.1) is 0 Å². The highest BCUT2D eigenvalue weighted by Gasteiger charge is 2.47. The lowest BCUT2D eigenvalue weighted by Gasteiger charge is -2.49. The Morgan fingerprint density at radius 3 is 2.25 bits per heavy atom. The summed E-state index contributed by atoms with van der Waals surface area (Å²) in [4.78, 5) is 5.49. The first-order chi connectivity index (χ1) is 7.56. The first kappa shape index (κ1) is 12.7. The highest BCUT2D eigenvalue weighted by atomic mass is 32.2. The fourth-order valence-corrected chi connectivity index (χ4v) is 4.77. The monoisotopic (exact) mass is 242 g/mol. The van der Waals surface area contributed by atoms with Crippen LogP contribution < -0.4 is 0 Å². The first-order valence-corrected chi connectivity index (χ1v) is 7.91. The van der Waals surface area contributed by atoms with E-state index in [9.17, 15) is 0 Å². The molecule has 2 aliphatic heterocycles. The van der Waals surface area contributed by atoms with E-state index in [0.717, 1.165) is 12.1 Å². The molecule has 0 N–H and O–H groups in total. The van der Waals surface area contributed by atoms with Gasteiger partial charge in [0.1, 0.15) is 0 Å². The third-order valence-corrected chi connectivity index (χ3v) is 5.25. The van der Waals surface area contributed by atoms with Crippen molar-refractivity contribution in [2.75, 3.05) is 12.8 Å². The molecule has 3 atom stereocenters. The van der Waals surface area contributed by atoms with Gasteiger partial charge >= 0.3 is 0 Å². The Morgan fingerprint density at radius 1 is 1.06 bits per heavy atom. The summed E-state index contributed by atoms with van der Waals surface area (Å²) < 4.78 is 0. The minimum absolute atomic E-state index is 0.690. The third-order valence-electron chi connectivity index (χ3n) is 4.18. The second kappa shape index (κ2) is 4.87. The van der Waals surface area contributed by atoms with E-state index >= 15 is 0 Å². The summed E-state index contributed by atoms with van der Waals surface area (Å²) in [6.07, 6.45) is 5.08. The van der Waals surface area contributed by atoms with Gasteiger partial charge in [-0.15, -0.1) is 11.8 Å². The van der Waals surface area contributed by atoms with Crippen molar-refractivity contribution in [2.24, 2.45) is 0 Å². The molecule has 2 aliphatic rings. The summed E-state index contributed by atoms with van der Waals surface area (Å²) in [6.45, 7) is 10.7. The predicted molar refractivity (Wildman–Crippen MR) is 72.9 cm³/mol. The minimum Gasteiger partial charge on any atom is -0.291 e. The van der Waals surface area contributed by atoms with Crippen molar-refractivity contribution < 1.29 is 0 Å². The largest absolute Gasteiger partial charge is 0.291 e. The molecule has 2 fully saturated rings. The zero-order valence-electron chi connectivity index (χ0n) is 11.3. The fourth-order valence-electron chi connectivity index (χ4n) is 3.58. The molecule has 1 unspecified atom stereocenters. The molecule has 0 spiro atoms. The van der Waals surface area contributed by atoms with E-state index in [0.29, 0.717) is 17.5 Å². The topological polar surface area (TPSA) is 6.48 Å². The molecule has 2 saturated heterocycles. The highest BCUT2D eigenvalue weighted by molar-refractivity contribution is 7.99. The fraction of sp³-hybridized carbons (Fsp3) is 1.00. The third kappa shape index (κ3) is 2.02. The number of piperazine rings is 1. The van der Waals surface area contributed by atoms with Crippen molar-refractivity contribution in [3.8, 4) is 0 Å². The standard InChI is InChI=1S/C13H26N2S/c1-9(2)14-8-11-6-7-12(13(14)16-5)15(11)10(3)4/h9-13H,6-8H2,1-5H3/t11-,12+,13?/m0/s1. The molecule has 0 aromatic carbocycles. The molecule has 2 bridgehead atoms. The van der Waals surface area contributed by atoms with E-state index in [1.807, 2.05) is 11.8 Å². The van der Waals surface area contributed by atoms with Crippen molar-refractivity contribution >= 4 is 11.8 Å². The summed E-state index contributed by atoms with van der Waals surface area (Å²) in [5, 5.41) is 0.709. The molecule has 2 rings (SSSR count). The molecule has 0 aromatic rings. The van der Waals surface area contributed by atoms with E-state index in [-0.39, 0.29) is 0 Å². The van der Waals surface area contributed by atoms with Crippen molar-refractivity contribution in [1.29, 1.82) is 0 Å². The molecule has 0 aromatic heterocycles. The van der Waals surface area contributed by atoms with Crippen LogP contribution in [0.3, 0.4) is 0 Å². The second-order valence-corrected chi connectivity index (χ2v) is 6.71. The van der Waals surface area contributed by atoms with E-state index in [4.69, 9.17) is 0 Å². The van der Waals surface area contributed by atoms with Crippen LogP contribution >= 0.6 is 11.8 Å². The number of nitrogens with zero attached hydrogens (tertiary/aromatic N) is 2. The van der Waals surface area contributed by atoms with Crippen LogP contribution in [0.1, 0.15) is 40.5 Å². The minimum atomic E-state index is 0.690. The quantitative estimate of drug-likeness (QED) is 0.751. The van der Waals surface area contributed by atoms with E-state index < -0.39 is 0 Å². The highest BCUT2D eigenvalue weighted by Crippen LogP contribution is 2.39. The smallest absolute Gasteiger partial charge is 0.0715 e. The summed E-state index contributed by atoms with van der Waals surface area (Å²) in [5.74, 6) is 0. The van der Waals surface area contributed by atoms with Crippen LogP contribution in [-0.4, -0.2) is 52.1 Å². The van der Waals surface area contributed by atoms with Gasteiger partial charge in [0, 0.05) is 30.7 Å². The summed E-state index contributed by atoms with van der Waals surface area (Å²) in [5.41, 5.74) is 0. The average Bonchev–Trinajstić information content (AvgIpc) is 2.53. The van der Waals surface area contributed by atoms with Gasteiger partial charge in [0.05, 0.1) is 5.37 Å². The molecule has 2 nitrogen and oxygen atoms in total. The lowest BCUT2D eigenvalue weighted by molar-refractivity contribution is 0.0157. The summed E-state index contributed by atoms with van der Waals surface area (Å²) in [6, 6.07) is 3.00. The molecule has 94 valence electrons. The van der Waals surface area contributed by atoms with E-state index in [1.54, 1.807) is 0 Å². The summed E-state index contributed by atoms with van der Waals surface area (Å²) in [7, 11) is 0.